The Morgan fingerprint density at radius 1 is 1.22 bits per heavy atom. The van der Waals surface area contributed by atoms with Crippen molar-refractivity contribution in [1.82, 2.24) is 14.1 Å². The van der Waals surface area contributed by atoms with Crippen LogP contribution in [-0.4, -0.2) is 81.3 Å². The number of amides is 1. The van der Waals surface area contributed by atoms with Gasteiger partial charge in [-0.1, -0.05) is 11.6 Å². The molecule has 27 heavy (non-hydrogen) atoms. The lowest BCUT2D eigenvalue weighted by atomic mass is 10.2. The second kappa shape index (κ2) is 9.34. The fourth-order valence-electron chi connectivity index (χ4n) is 2.95. The number of anilines is 1. The van der Waals surface area contributed by atoms with E-state index in [2.05, 4.69) is 29.0 Å². The highest BCUT2D eigenvalue weighted by Gasteiger charge is 2.21. The van der Waals surface area contributed by atoms with E-state index in [0.717, 1.165) is 30.5 Å². The van der Waals surface area contributed by atoms with Crippen molar-refractivity contribution in [3.05, 3.63) is 23.2 Å². The predicted molar refractivity (Wildman–Crippen MR) is 109 cm³/mol. The molecule has 2 rings (SSSR count). The van der Waals surface area contributed by atoms with E-state index in [4.69, 9.17) is 11.6 Å². The quantitative estimate of drug-likeness (QED) is 0.735. The molecule has 0 spiro atoms. The van der Waals surface area contributed by atoms with E-state index in [1.54, 1.807) is 0 Å². The third kappa shape index (κ3) is 5.89. The zero-order valence-corrected chi connectivity index (χ0v) is 18.0. The first-order valence-electron chi connectivity index (χ1n) is 9.09. The number of rotatable bonds is 7. The SMILES string of the molecule is CC(C)N1CCN(CCC(=O)Nc2cc(S(=O)(=O)N(C)C)ccc2Cl)CC1. The summed E-state index contributed by atoms with van der Waals surface area (Å²) in [6, 6.07) is 4.86. The van der Waals surface area contributed by atoms with Crippen LogP contribution < -0.4 is 5.32 Å². The van der Waals surface area contributed by atoms with Gasteiger partial charge in [-0.05, 0) is 32.0 Å². The van der Waals surface area contributed by atoms with Gasteiger partial charge in [0.05, 0.1) is 15.6 Å². The number of benzene rings is 1. The smallest absolute Gasteiger partial charge is 0.242 e. The minimum atomic E-state index is -3.58. The highest BCUT2D eigenvalue weighted by molar-refractivity contribution is 7.89. The van der Waals surface area contributed by atoms with Crippen molar-refractivity contribution in [1.29, 1.82) is 0 Å². The van der Waals surface area contributed by atoms with Crippen molar-refractivity contribution in [2.75, 3.05) is 52.1 Å². The van der Waals surface area contributed by atoms with Gasteiger partial charge in [-0.25, -0.2) is 12.7 Å². The minimum Gasteiger partial charge on any atom is -0.325 e. The standard InChI is InChI=1S/C18H29ClN4O3S/c1-14(2)23-11-9-22(10-12-23)8-7-18(24)20-17-13-15(5-6-16(17)19)27(25,26)21(3)4/h5-6,13-14H,7-12H2,1-4H3,(H,20,24). The average molecular weight is 417 g/mol. The number of nitrogens with one attached hydrogen (secondary N) is 1. The molecule has 0 aromatic heterocycles. The molecule has 9 heteroatoms. The van der Waals surface area contributed by atoms with Crippen LogP contribution in [0.2, 0.25) is 5.02 Å². The maximum Gasteiger partial charge on any atom is 0.242 e. The number of nitrogens with zero attached hydrogens (tertiary/aromatic N) is 3. The van der Waals surface area contributed by atoms with Crippen LogP contribution in [0, 0.1) is 0 Å². The van der Waals surface area contributed by atoms with Crippen LogP contribution in [0.5, 0.6) is 0 Å². The van der Waals surface area contributed by atoms with E-state index in [1.807, 2.05) is 0 Å². The summed E-state index contributed by atoms with van der Waals surface area (Å²) in [5.74, 6) is -0.178. The fraction of sp³-hybridized carbons (Fsp3) is 0.611. The summed E-state index contributed by atoms with van der Waals surface area (Å²) in [5, 5.41) is 3.05. The summed E-state index contributed by atoms with van der Waals surface area (Å²) in [6.07, 6.45) is 0.336. The van der Waals surface area contributed by atoms with Gasteiger partial charge in [-0.3, -0.25) is 9.69 Å². The molecule has 1 aromatic rings. The number of carbonyl (C=O) groups excluding carboxylic acids is 1. The van der Waals surface area contributed by atoms with Crippen molar-refractivity contribution >= 4 is 33.2 Å². The molecular formula is C18H29ClN4O3S. The number of carbonyl (C=O) groups is 1. The first kappa shape index (κ1) is 22.1. The van der Waals surface area contributed by atoms with Crippen molar-refractivity contribution in [3.63, 3.8) is 0 Å². The Labute approximate surface area is 167 Å². The Bertz CT molecular complexity index is 760. The Morgan fingerprint density at radius 3 is 2.41 bits per heavy atom. The molecule has 152 valence electrons. The van der Waals surface area contributed by atoms with Gasteiger partial charge in [0.2, 0.25) is 15.9 Å². The average Bonchev–Trinajstić information content (AvgIpc) is 2.61. The topological polar surface area (TPSA) is 73.0 Å². The molecule has 1 fully saturated rings. The summed E-state index contributed by atoms with van der Waals surface area (Å²) in [7, 11) is -0.664. The second-order valence-electron chi connectivity index (χ2n) is 7.20. The summed E-state index contributed by atoms with van der Waals surface area (Å²) in [4.78, 5) is 17.1. The molecule has 1 saturated heterocycles. The first-order valence-corrected chi connectivity index (χ1v) is 10.9. The molecule has 0 unspecified atom stereocenters. The maximum absolute atomic E-state index is 12.3. The van der Waals surface area contributed by atoms with Crippen LogP contribution in [0.3, 0.4) is 0 Å². The molecular weight excluding hydrogens is 388 g/mol. The van der Waals surface area contributed by atoms with E-state index < -0.39 is 10.0 Å². The lowest BCUT2D eigenvalue weighted by Crippen LogP contribution is -2.49. The van der Waals surface area contributed by atoms with Crippen LogP contribution in [0.25, 0.3) is 0 Å². The first-order chi connectivity index (χ1) is 12.6. The summed E-state index contributed by atoms with van der Waals surface area (Å²) >= 11 is 6.13. The molecule has 1 amide bonds. The van der Waals surface area contributed by atoms with Crippen molar-refractivity contribution < 1.29 is 13.2 Å². The Hall–Kier alpha value is -1.19. The molecule has 0 bridgehead atoms. The number of sulfonamides is 1. The number of hydrogen-bond donors (Lipinski definition) is 1. The molecule has 0 atom stereocenters. The van der Waals surface area contributed by atoms with Gasteiger partial charge in [0.15, 0.2) is 0 Å². The molecule has 0 aliphatic carbocycles. The Kier molecular flexibility index (Phi) is 7.64. The van der Waals surface area contributed by atoms with Gasteiger partial charge in [0, 0.05) is 59.3 Å². The zero-order chi connectivity index (χ0) is 20.2. The largest absolute Gasteiger partial charge is 0.325 e. The molecule has 1 aromatic carbocycles. The zero-order valence-electron chi connectivity index (χ0n) is 16.4. The molecule has 1 aliphatic heterocycles. The highest BCUT2D eigenvalue weighted by Crippen LogP contribution is 2.26. The fourth-order valence-corrected chi connectivity index (χ4v) is 4.04. The van der Waals surface area contributed by atoms with E-state index >= 15 is 0 Å². The van der Waals surface area contributed by atoms with Crippen LogP contribution in [0.4, 0.5) is 5.69 Å². The number of halogens is 1. The van der Waals surface area contributed by atoms with E-state index in [1.165, 1.54) is 32.3 Å². The summed E-state index contributed by atoms with van der Waals surface area (Å²) in [5.41, 5.74) is 0.314. The third-order valence-electron chi connectivity index (χ3n) is 4.78. The summed E-state index contributed by atoms with van der Waals surface area (Å²) in [6.45, 7) is 8.97. The number of hydrogen-bond acceptors (Lipinski definition) is 5. The van der Waals surface area contributed by atoms with Crippen LogP contribution in [0.1, 0.15) is 20.3 Å². The van der Waals surface area contributed by atoms with E-state index in [9.17, 15) is 13.2 Å². The molecule has 1 heterocycles. The van der Waals surface area contributed by atoms with Gasteiger partial charge in [-0.2, -0.15) is 0 Å². The number of piperazine rings is 1. The molecule has 1 aliphatic rings. The maximum atomic E-state index is 12.3. The van der Waals surface area contributed by atoms with E-state index in [0.29, 0.717) is 29.7 Å². The normalized spacial score (nSPS) is 16.9. The predicted octanol–water partition coefficient (Wildman–Crippen LogP) is 1.94. The highest BCUT2D eigenvalue weighted by atomic mass is 35.5. The molecule has 1 N–H and O–H groups in total. The monoisotopic (exact) mass is 416 g/mol. The van der Waals surface area contributed by atoms with Gasteiger partial charge in [0.1, 0.15) is 0 Å². The lowest BCUT2D eigenvalue weighted by molar-refractivity contribution is -0.116. The third-order valence-corrected chi connectivity index (χ3v) is 6.92. The Morgan fingerprint density at radius 2 is 1.85 bits per heavy atom. The van der Waals surface area contributed by atoms with E-state index in [-0.39, 0.29) is 10.8 Å². The van der Waals surface area contributed by atoms with Crippen molar-refractivity contribution in [2.24, 2.45) is 0 Å². The van der Waals surface area contributed by atoms with Crippen LogP contribution in [-0.2, 0) is 14.8 Å². The summed E-state index contributed by atoms with van der Waals surface area (Å²) < 4.78 is 25.6. The van der Waals surface area contributed by atoms with Crippen molar-refractivity contribution in [3.8, 4) is 0 Å². The van der Waals surface area contributed by atoms with Gasteiger partial charge >= 0.3 is 0 Å². The lowest BCUT2D eigenvalue weighted by Gasteiger charge is -2.36. The van der Waals surface area contributed by atoms with Gasteiger partial charge in [-0.15, -0.1) is 0 Å². The van der Waals surface area contributed by atoms with Gasteiger partial charge < -0.3 is 10.2 Å². The van der Waals surface area contributed by atoms with Crippen LogP contribution >= 0.6 is 11.6 Å². The van der Waals surface area contributed by atoms with Crippen LogP contribution in [0.15, 0.2) is 23.1 Å². The molecule has 0 saturated carbocycles. The molecule has 0 radical (unpaired) electrons. The minimum absolute atomic E-state index is 0.0945. The second-order valence-corrected chi connectivity index (χ2v) is 9.76. The Balaban J connectivity index is 1.92. The van der Waals surface area contributed by atoms with Gasteiger partial charge in [0.25, 0.3) is 0 Å². The van der Waals surface area contributed by atoms with Crippen molar-refractivity contribution in [2.45, 2.75) is 31.2 Å². The molecule has 7 nitrogen and oxygen atoms in total.